The molecule has 0 radical (unpaired) electrons. The molecule has 1 aliphatic rings. The number of hydrogen-bond acceptors (Lipinski definition) is 3. The van der Waals surface area contributed by atoms with Crippen LogP contribution in [0.25, 0.3) is 0 Å². The molecule has 5 heteroatoms. The average molecular weight is 297 g/mol. The summed E-state index contributed by atoms with van der Waals surface area (Å²) in [5.74, 6) is 1.12. The Bertz CT molecular complexity index is 479. The molecule has 20 heavy (non-hydrogen) atoms. The Hall–Kier alpha value is -1.26. The Labute approximate surface area is 124 Å². The van der Waals surface area contributed by atoms with Gasteiger partial charge in [0.15, 0.2) is 0 Å². The van der Waals surface area contributed by atoms with Crippen LogP contribution >= 0.6 is 11.6 Å². The molecule has 4 N–H and O–H groups in total. The average Bonchev–Trinajstić information content (AvgIpc) is 2.46. The van der Waals surface area contributed by atoms with Gasteiger partial charge in [-0.25, -0.2) is 0 Å². The van der Waals surface area contributed by atoms with Gasteiger partial charge in [0.05, 0.1) is 11.6 Å². The van der Waals surface area contributed by atoms with E-state index in [1.54, 1.807) is 18.2 Å². The van der Waals surface area contributed by atoms with Gasteiger partial charge in [0.1, 0.15) is 5.75 Å². The number of rotatable bonds is 5. The summed E-state index contributed by atoms with van der Waals surface area (Å²) in [6.07, 6.45) is 4.82. The van der Waals surface area contributed by atoms with Gasteiger partial charge in [0.25, 0.3) is 0 Å². The molecule has 1 fully saturated rings. The van der Waals surface area contributed by atoms with Crippen molar-refractivity contribution in [2.45, 2.75) is 25.7 Å². The molecule has 1 aromatic rings. The third-order valence-corrected chi connectivity index (χ3v) is 4.33. The Morgan fingerprint density at radius 1 is 1.30 bits per heavy atom. The van der Waals surface area contributed by atoms with Crippen LogP contribution in [-0.2, 0) is 0 Å². The number of benzene rings is 1. The van der Waals surface area contributed by atoms with Crippen LogP contribution < -0.4 is 16.2 Å². The molecule has 2 rings (SSSR count). The lowest BCUT2D eigenvalue weighted by molar-refractivity contribution is 0.1000. The first kappa shape index (κ1) is 15.1. The molecule has 1 aliphatic carbocycles. The van der Waals surface area contributed by atoms with Crippen LogP contribution in [0, 0.1) is 11.8 Å². The fourth-order valence-corrected chi connectivity index (χ4v) is 3.02. The van der Waals surface area contributed by atoms with Crippen molar-refractivity contribution in [2.24, 2.45) is 23.3 Å². The van der Waals surface area contributed by atoms with Gasteiger partial charge in [-0.3, -0.25) is 4.79 Å². The summed E-state index contributed by atoms with van der Waals surface area (Å²) < 4.78 is 5.80. The zero-order chi connectivity index (χ0) is 14.5. The lowest BCUT2D eigenvalue weighted by Crippen LogP contribution is -2.30. The maximum absolute atomic E-state index is 11.1. The van der Waals surface area contributed by atoms with Gasteiger partial charge < -0.3 is 16.2 Å². The standard InChI is InChI=1S/C15H21ClN2O2/c16-13-7-10(15(18)19)5-6-14(13)20-9-12-4-2-1-3-11(12)8-17/h5-7,11-12H,1-4,8-9,17H2,(H2,18,19). The molecule has 0 aromatic heterocycles. The predicted octanol–water partition coefficient (Wildman–Crippen LogP) is 2.58. The number of nitrogens with two attached hydrogens (primary N) is 2. The van der Waals surface area contributed by atoms with E-state index in [1.165, 1.54) is 19.3 Å². The molecule has 0 bridgehead atoms. The molecule has 110 valence electrons. The second-order valence-electron chi connectivity index (χ2n) is 5.36. The molecule has 0 spiro atoms. The molecule has 1 amide bonds. The zero-order valence-electron chi connectivity index (χ0n) is 11.5. The summed E-state index contributed by atoms with van der Waals surface area (Å²) >= 11 is 6.10. The minimum Gasteiger partial charge on any atom is -0.492 e. The van der Waals surface area contributed by atoms with E-state index >= 15 is 0 Å². The highest BCUT2D eigenvalue weighted by Gasteiger charge is 2.24. The Morgan fingerprint density at radius 3 is 2.60 bits per heavy atom. The number of ether oxygens (including phenoxy) is 1. The Kier molecular flexibility index (Phi) is 5.26. The summed E-state index contributed by atoms with van der Waals surface area (Å²) in [7, 11) is 0. The van der Waals surface area contributed by atoms with Crippen LogP contribution in [0.3, 0.4) is 0 Å². The van der Waals surface area contributed by atoms with Crippen molar-refractivity contribution in [3.8, 4) is 5.75 Å². The van der Waals surface area contributed by atoms with Gasteiger partial charge in [-0.1, -0.05) is 24.4 Å². The summed E-state index contributed by atoms with van der Waals surface area (Å²) in [4.78, 5) is 11.1. The molecular formula is C15H21ClN2O2. The molecule has 1 aromatic carbocycles. The van der Waals surface area contributed by atoms with Gasteiger partial charge in [-0.15, -0.1) is 0 Å². The third-order valence-electron chi connectivity index (χ3n) is 4.04. The number of amides is 1. The van der Waals surface area contributed by atoms with Gasteiger partial charge >= 0.3 is 0 Å². The first-order chi connectivity index (χ1) is 9.61. The van der Waals surface area contributed by atoms with Gasteiger partial charge in [-0.05, 0) is 49.4 Å². The van der Waals surface area contributed by atoms with Crippen LogP contribution in [-0.4, -0.2) is 19.1 Å². The Morgan fingerprint density at radius 2 is 2.00 bits per heavy atom. The highest BCUT2D eigenvalue weighted by molar-refractivity contribution is 6.32. The van der Waals surface area contributed by atoms with Crippen molar-refractivity contribution in [1.29, 1.82) is 0 Å². The molecule has 2 unspecified atom stereocenters. The number of hydrogen-bond donors (Lipinski definition) is 2. The smallest absolute Gasteiger partial charge is 0.248 e. The van der Waals surface area contributed by atoms with Crippen LogP contribution in [0.5, 0.6) is 5.75 Å². The van der Waals surface area contributed by atoms with Crippen LogP contribution in [0.15, 0.2) is 18.2 Å². The Balaban J connectivity index is 1.98. The van der Waals surface area contributed by atoms with Crippen molar-refractivity contribution >= 4 is 17.5 Å². The first-order valence-corrected chi connectivity index (χ1v) is 7.42. The van der Waals surface area contributed by atoms with Crippen molar-refractivity contribution in [3.05, 3.63) is 28.8 Å². The van der Waals surface area contributed by atoms with E-state index in [4.69, 9.17) is 27.8 Å². The number of carbonyl (C=O) groups is 1. The lowest BCUT2D eigenvalue weighted by Gasteiger charge is -2.30. The number of halogens is 1. The summed E-state index contributed by atoms with van der Waals surface area (Å²) in [6, 6.07) is 4.87. The first-order valence-electron chi connectivity index (χ1n) is 7.04. The van der Waals surface area contributed by atoms with Crippen molar-refractivity contribution in [1.82, 2.24) is 0 Å². The lowest BCUT2D eigenvalue weighted by atomic mass is 9.80. The SMILES string of the molecule is NCC1CCCCC1COc1ccc(C(N)=O)cc1Cl. The molecular weight excluding hydrogens is 276 g/mol. The molecule has 0 aliphatic heterocycles. The van der Waals surface area contributed by atoms with Crippen LogP contribution in [0.1, 0.15) is 36.0 Å². The topological polar surface area (TPSA) is 78.3 Å². The van der Waals surface area contributed by atoms with E-state index in [1.807, 2.05) is 0 Å². The van der Waals surface area contributed by atoms with E-state index in [9.17, 15) is 4.79 Å². The fraction of sp³-hybridized carbons (Fsp3) is 0.533. The normalized spacial score (nSPS) is 22.5. The second-order valence-corrected chi connectivity index (χ2v) is 5.77. The zero-order valence-corrected chi connectivity index (χ0v) is 12.2. The minimum absolute atomic E-state index is 0.389. The maximum atomic E-state index is 11.1. The molecule has 2 atom stereocenters. The highest BCUT2D eigenvalue weighted by atomic mass is 35.5. The molecule has 4 nitrogen and oxygen atoms in total. The molecule has 0 heterocycles. The molecule has 1 saturated carbocycles. The monoisotopic (exact) mass is 296 g/mol. The van der Waals surface area contributed by atoms with Gasteiger partial charge in [0.2, 0.25) is 5.91 Å². The minimum atomic E-state index is -0.492. The number of primary amides is 1. The highest BCUT2D eigenvalue weighted by Crippen LogP contribution is 2.31. The van der Waals surface area contributed by atoms with Crippen LogP contribution in [0.2, 0.25) is 5.02 Å². The maximum Gasteiger partial charge on any atom is 0.248 e. The largest absolute Gasteiger partial charge is 0.492 e. The van der Waals surface area contributed by atoms with E-state index in [-0.39, 0.29) is 0 Å². The van der Waals surface area contributed by atoms with Crippen LogP contribution in [0.4, 0.5) is 0 Å². The van der Waals surface area contributed by atoms with Gasteiger partial charge in [-0.2, -0.15) is 0 Å². The van der Waals surface area contributed by atoms with Crippen molar-refractivity contribution < 1.29 is 9.53 Å². The number of carbonyl (C=O) groups excluding carboxylic acids is 1. The predicted molar refractivity (Wildman–Crippen MR) is 80.0 cm³/mol. The van der Waals surface area contributed by atoms with Gasteiger partial charge in [0, 0.05) is 5.56 Å². The fourth-order valence-electron chi connectivity index (χ4n) is 2.78. The van der Waals surface area contributed by atoms with E-state index in [0.717, 1.165) is 6.42 Å². The van der Waals surface area contributed by atoms with E-state index < -0.39 is 5.91 Å². The second kappa shape index (κ2) is 6.95. The van der Waals surface area contributed by atoms with Crippen molar-refractivity contribution in [2.75, 3.05) is 13.2 Å². The molecule has 0 saturated heterocycles. The van der Waals surface area contributed by atoms with E-state index in [2.05, 4.69) is 0 Å². The summed E-state index contributed by atoms with van der Waals surface area (Å²) in [5, 5.41) is 0.418. The van der Waals surface area contributed by atoms with E-state index in [0.29, 0.717) is 41.3 Å². The van der Waals surface area contributed by atoms with Crippen molar-refractivity contribution in [3.63, 3.8) is 0 Å². The summed E-state index contributed by atoms with van der Waals surface area (Å²) in [5.41, 5.74) is 11.4. The third kappa shape index (κ3) is 3.64. The quantitative estimate of drug-likeness (QED) is 0.876. The summed E-state index contributed by atoms with van der Waals surface area (Å²) in [6.45, 7) is 1.33.